The third kappa shape index (κ3) is 5.55. The van der Waals surface area contributed by atoms with Gasteiger partial charge in [0.05, 0.1) is 0 Å². The monoisotopic (exact) mass is 435 g/mol. The summed E-state index contributed by atoms with van der Waals surface area (Å²) in [5, 5.41) is 3.09. The van der Waals surface area contributed by atoms with E-state index in [1.165, 1.54) is 32.4 Å². The van der Waals surface area contributed by atoms with Crippen LogP contribution in [0.3, 0.4) is 0 Å². The highest BCUT2D eigenvalue weighted by Gasteiger charge is 2.34. The Morgan fingerprint density at radius 1 is 1.11 bits per heavy atom. The summed E-state index contributed by atoms with van der Waals surface area (Å²) in [5.41, 5.74) is 0.636. The molecule has 1 aromatic carbocycles. The Hall–Kier alpha value is -1.40. The molecule has 0 aromatic heterocycles. The fourth-order valence-electron chi connectivity index (χ4n) is 4.08. The zero-order valence-corrected chi connectivity index (χ0v) is 17.7. The summed E-state index contributed by atoms with van der Waals surface area (Å²) in [6, 6.07) is 6.99. The van der Waals surface area contributed by atoms with Crippen LogP contribution in [0, 0.1) is 5.92 Å². The van der Waals surface area contributed by atoms with Gasteiger partial charge in [0.1, 0.15) is 6.04 Å². The predicted octanol–water partition coefficient (Wildman–Crippen LogP) is 3.29. The van der Waals surface area contributed by atoms with Gasteiger partial charge in [-0.25, -0.2) is 0 Å². The van der Waals surface area contributed by atoms with E-state index in [0.29, 0.717) is 24.6 Å². The number of amides is 2. The van der Waals surface area contributed by atoms with Crippen LogP contribution < -0.4 is 5.32 Å². The van der Waals surface area contributed by atoms with Crippen molar-refractivity contribution in [3.05, 3.63) is 34.3 Å². The number of halogens is 1. The summed E-state index contributed by atoms with van der Waals surface area (Å²) in [6.45, 7) is 6.90. The lowest BCUT2D eigenvalue weighted by Gasteiger charge is -2.29. The van der Waals surface area contributed by atoms with Crippen molar-refractivity contribution in [1.29, 1.82) is 0 Å². The smallest absolute Gasteiger partial charge is 0.254 e. The number of piperidine rings is 1. The van der Waals surface area contributed by atoms with E-state index in [4.69, 9.17) is 0 Å². The van der Waals surface area contributed by atoms with E-state index in [1.54, 1.807) is 17.0 Å². The molecular weight excluding hydrogens is 406 g/mol. The van der Waals surface area contributed by atoms with Gasteiger partial charge in [-0.15, -0.1) is 0 Å². The predicted molar refractivity (Wildman–Crippen MR) is 111 cm³/mol. The SMILES string of the molecule is CC(CNC(=O)C1CCCN1C(=O)c1ccc(Br)cc1)CN1CCCCC1. The van der Waals surface area contributed by atoms with Gasteiger partial charge in [-0.1, -0.05) is 29.3 Å². The maximum Gasteiger partial charge on any atom is 0.254 e. The summed E-state index contributed by atoms with van der Waals surface area (Å²) < 4.78 is 0.942. The van der Waals surface area contributed by atoms with Gasteiger partial charge < -0.3 is 15.1 Å². The average molecular weight is 436 g/mol. The molecule has 6 heteroatoms. The zero-order chi connectivity index (χ0) is 19.2. The van der Waals surface area contributed by atoms with Gasteiger partial charge in [0.25, 0.3) is 5.91 Å². The van der Waals surface area contributed by atoms with Crippen LogP contribution in [0.5, 0.6) is 0 Å². The lowest BCUT2D eigenvalue weighted by molar-refractivity contribution is -0.125. The molecule has 0 saturated carbocycles. The third-order valence-corrected chi connectivity index (χ3v) is 6.08. The molecule has 0 radical (unpaired) electrons. The van der Waals surface area contributed by atoms with Crippen LogP contribution in [0.15, 0.2) is 28.7 Å². The minimum atomic E-state index is -0.344. The van der Waals surface area contributed by atoms with Gasteiger partial charge in [-0.3, -0.25) is 9.59 Å². The van der Waals surface area contributed by atoms with Gasteiger partial charge in [0.15, 0.2) is 0 Å². The minimum Gasteiger partial charge on any atom is -0.354 e. The first-order valence-corrected chi connectivity index (χ1v) is 10.9. The molecule has 27 heavy (non-hydrogen) atoms. The molecule has 1 N–H and O–H groups in total. The van der Waals surface area contributed by atoms with E-state index in [1.807, 2.05) is 12.1 Å². The molecule has 2 atom stereocenters. The van der Waals surface area contributed by atoms with Crippen LogP contribution in [0.4, 0.5) is 0 Å². The molecule has 5 nitrogen and oxygen atoms in total. The minimum absolute atomic E-state index is 0.0107. The van der Waals surface area contributed by atoms with Crippen molar-refractivity contribution >= 4 is 27.7 Å². The molecule has 2 amide bonds. The number of carbonyl (C=O) groups excluding carboxylic acids is 2. The normalized spacial score (nSPS) is 21.9. The van der Waals surface area contributed by atoms with Crippen molar-refractivity contribution in [2.24, 2.45) is 5.92 Å². The summed E-state index contributed by atoms with van der Waals surface area (Å²) in [7, 11) is 0. The third-order valence-electron chi connectivity index (χ3n) is 5.55. The van der Waals surface area contributed by atoms with Crippen LogP contribution in [-0.4, -0.2) is 60.4 Å². The van der Waals surface area contributed by atoms with Crippen LogP contribution in [0.1, 0.15) is 49.4 Å². The Morgan fingerprint density at radius 3 is 2.52 bits per heavy atom. The Labute approximate surface area is 170 Å². The molecule has 1 aromatic rings. The Balaban J connectivity index is 1.50. The summed E-state index contributed by atoms with van der Waals surface area (Å²) in [4.78, 5) is 29.7. The fourth-order valence-corrected chi connectivity index (χ4v) is 4.34. The quantitative estimate of drug-likeness (QED) is 0.745. The second-order valence-corrected chi connectivity index (χ2v) is 8.79. The zero-order valence-electron chi connectivity index (χ0n) is 16.1. The largest absolute Gasteiger partial charge is 0.354 e. The van der Waals surface area contributed by atoms with Crippen LogP contribution >= 0.6 is 15.9 Å². The first kappa shape index (κ1) is 20.3. The number of rotatable bonds is 6. The highest BCUT2D eigenvalue weighted by atomic mass is 79.9. The van der Waals surface area contributed by atoms with Crippen molar-refractivity contribution in [2.75, 3.05) is 32.7 Å². The second-order valence-electron chi connectivity index (χ2n) is 7.88. The van der Waals surface area contributed by atoms with E-state index >= 15 is 0 Å². The topological polar surface area (TPSA) is 52.7 Å². The maximum atomic E-state index is 12.8. The van der Waals surface area contributed by atoms with Crippen molar-refractivity contribution in [3.63, 3.8) is 0 Å². The Bertz CT molecular complexity index is 643. The number of carbonyl (C=O) groups is 2. The van der Waals surface area contributed by atoms with Crippen LogP contribution in [0.25, 0.3) is 0 Å². The van der Waals surface area contributed by atoms with Gasteiger partial charge in [-0.05, 0) is 69.0 Å². The number of nitrogens with zero attached hydrogens (tertiary/aromatic N) is 2. The van der Waals surface area contributed by atoms with E-state index in [-0.39, 0.29) is 17.9 Å². The van der Waals surface area contributed by atoms with Crippen molar-refractivity contribution < 1.29 is 9.59 Å². The molecule has 0 spiro atoms. The van der Waals surface area contributed by atoms with Gasteiger partial charge in [0.2, 0.25) is 5.91 Å². The molecule has 3 rings (SSSR count). The van der Waals surface area contributed by atoms with E-state index in [0.717, 1.165) is 23.9 Å². The molecule has 2 heterocycles. The van der Waals surface area contributed by atoms with Gasteiger partial charge in [-0.2, -0.15) is 0 Å². The number of nitrogens with one attached hydrogen (secondary N) is 1. The van der Waals surface area contributed by atoms with Crippen molar-refractivity contribution in [2.45, 2.75) is 45.1 Å². The lowest BCUT2D eigenvalue weighted by atomic mass is 10.1. The molecule has 0 aliphatic carbocycles. The second kappa shape index (κ2) is 9.69. The Morgan fingerprint density at radius 2 is 1.81 bits per heavy atom. The summed E-state index contributed by atoms with van der Waals surface area (Å²) >= 11 is 3.39. The molecule has 2 fully saturated rings. The number of benzene rings is 1. The van der Waals surface area contributed by atoms with E-state index < -0.39 is 0 Å². The first-order valence-electron chi connectivity index (χ1n) is 10.1. The standard InChI is InChI=1S/C21H30BrN3O2/c1-16(15-24-11-3-2-4-12-24)14-23-20(26)19-6-5-13-25(19)21(27)17-7-9-18(22)10-8-17/h7-10,16,19H,2-6,11-15H2,1H3,(H,23,26). The van der Waals surface area contributed by atoms with E-state index in [9.17, 15) is 9.59 Å². The van der Waals surface area contributed by atoms with Gasteiger partial charge in [0, 0.05) is 29.7 Å². The Kier molecular flexibility index (Phi) is 7.30. The maximum absolute atomic E-state index is 12.8. The van der Waals surface area contributed by atoms with E-state index in [2.05, 4.69) is 33.1 Å². The van der Waals surface area contributed by atoms with Crippen molar-refractivity contribution in [3.8, 4) is 0 Å². The first-order chi connectivity index (χ1) is 13.0. The highest BCUT2D eigenvalue weighted by molar-refractivity contribution is 9.10. The molecule has 0 bridgehead atoms. The highest BCUT2D eigenvalue weighted by Crippen LogP contribution is 2.21. The number of hydrogen-bond donors (Lipinski definition) is 1. The molecule has 148 valence electrons. The number of hydrogen-bond acceptors (Lipinski definition) is 3. The summed E-state index contributed by atoms with van der Waals surface area (Å²) in [6.07, 6.45) is 5.53. The summed E-state index contributed by atoms with van der Waals surface area (Å²) in [5.74, 6) is 0.356. The van der Waals surface area contributed by atoms with Crippen LogP contribution in [0.2, 0.25) is 0 Å². The molecule has 2 aliphatic heterocycles. The van der Waals surface area contributed by atoms with Crippen molar-refractivity contribution in [1.82, 2.24) is 15.1 Å². The van der Waals surface area contributed by atoms with Crippen LogP contribution in [-0.2, 0) is 4.79 Å². The average Bonchev–Trinajstić information content (AvgIpc) is 3.17. The molecule has 2 unspecified atom stereocenters. The molecule has 2 aliphatic rings. The molecular formula is C21H30BrN3O2. The number of likely N-dealkylation sites (tertiary alicyclic amines) is 2. The lowest BCUT2D eigenvalue weighted by Crippen LogP contribution is -2.47. The fraction of sp³-hybridized carbons (Fsp3) is 0.619. The molecule has 2 saturated heterocycles. The van der Waals surface area contributed by atoms with Gasteiger partial charge >= 0.3 is 0 Å².